The molecule has 20 heavy (non-hydrogen) atoms. The monoisotopic (exact) mass is 274 g/mol. The lowest BCUT2D eigenvalue weighted by atomic mass is 9.48. The third-order valence-corrected chi connectivity index (χ3v) is 7.56. The van der Waals surface area contributed by atoms with E-state index in [1.807, 2.05) is 6.08 Å². The van der Waals surface area contributed by atoms with E-state index in [0.29, 0.717) is 29.0 Å². The first kappa shape index (κ1) is 14.4. The predicted molar refractivity (Wildman–Crippen MR) is 83.3 cm³/mol. The van der Waals surface area contributed by atoms with Crippen LogP contribution in [0.2, 0.25) is 0 Å². The molecule has 0 amide bonds. The summed E-state index contributed by atoms with van der Waals surface area (Å²) in [5.74, 6) is 3.25. The molecule has 0 aromatic rings. The smallest absolute Gasteiger partial charge is 0.159 e. The molecule has 2 fully saturated rings. The summed E-state index contributed by atoms with van der Waals surface area (Å²) in [4.78, 5) is 12.7. The fraction of sp³-hybridized carbons (Fsp3) is 0.842. The zero-order chi connectivity index (χ0) is 14.9. The van der Waals surface area contributed by atoms with Gasteiger partial charge in [-0.25, -0.2) is 0 Å². The van der Waals surface area contributed by atoms with E-state index in [0.717, 1.165) is 5.92 Å². The summed E-state index contributed by atoms with van der Waals surface area (Å²) in [6, 6.07) is 0. The molecule has 0 unspecified atom stereocenters. The second kappa shape index (κ2) is 4.21. The van der Waals surface area contributed by atoms with E-state index in [1.54, 1.807) is 0 Å². The summed E-state index contributed by atoms with van der Waals surface area (Å²) >= 11 is 0. The van der Waals surface area contributed by atoms with Crippen molar-refractivity contribution >= 4 is 5.78 Å². The van der Waals surface area contributed by atoms with Gasteiger partial charge in [0.05, 0.1) is 0 Å². The highest BCUT2D eigenvalue weighted by Gasteiger charge is 2.64. The molecule has 0 N–H and O–H groups in total. The number of carbonyl (C=O) groups excluding carboxylic acids is 1. The molecular formula is C19H30O. The van der Waals surface area contributed by atoms with Crippen molar-refractivity contribution in [2.45, 2.75) is 60.8 Å². The van der Waals surface area contributed by atoms with E-state index in [-0.39, 0.29) is 11.3 Å². The average molecular weight is 274 g/mol. The minimum Gasteiger partial charge on any atom is -0.295 e. The Morgan fingerprint density at radius 2 is 1.95 bits per heavy atom. The largest absolute Gasteiger partial charge is 0.295 e. The van der Waals surface area contributed by atoms with E-state index in [2.05, 4.69) is 41.5 Å². The maximum atomic E-state index is 12.7. The number of carbonyl (C=O) groups is 1. The number of hydrogen-bond acceptors (Lipinski definition) is 1. The third kappa shape index (κ3) is 1.58. The van der Waals surface area contributed by atoms with Gasteiger partial charge in [-0.3, -0.25) is 4.79 Å². The fourth-order valence-electron chi connectivity index (χ4n) is 6.00. The van der Waals surface area contributed by atoms with E-state index < -0.39 is 0 Å². The Hall–Kier alpha value is -0.590. The van der Waals surface area contributed by atoms with Crippen molar-refractivity contribution in [3.63, 3.8) is 0 Å². The molecule has 2 saturated carbocycles. The Labute approximate surface area is 124 Å². The SMILES string of the molecule is CC1=CC(=O)[C@@H]2[C@H](C(C)C)C[C@]3(C)[C@@H](C)CC[C@@]1(C)[C@@H]23. The molecule has 0 aliphatic heterocycles. The van der Waals surface area contributed by atoms with E-state index in [1.165, 1.54) is 24.8 Å². The minimum atomic E-state index is 0.267. The van der Waals surface area contributed by atoms with Crippen LogP contribution in [0.4, 0.5) is 0 Å². The number of allylic oxidation sites excluding steroid dienone is 2. The van der Waals surface area contributed by atoms with Gasteiger partial charge in [-0.2, -0.15) is 0 Å². The maximum Gasteiger partial charge on any atom is 0.159 e. The van der Waals surface area contributed by atoms with Crippen LogP contribution in [0.5, 0.6) is 0 Å². The Balaban J connectivity index is 2.17. The summed E-state index contributed by atoms with van der Waals surface area (Å²) in [5, 5.41) is 0. The van der Waals surface area contributed by atoms with Gasteiger partial charge >= 0.3 is 0 Å². The molecule has 0 spiro atoms. The second-order valence-electron chi connectivity index (χ2n) is 8.71. The number of ketones is 1. The van der Waals surface area contributed by atoms with Crippen LogP contribution < -0.4 is 0 Å². The number of hydrogen-bond donors (Lipinski definition) is 0. The zero-order valence-electron chi connectivity index (χ0n) is 14.0. The van der Waals surface area contributed by atoms with Crippen LogP contribution in [0.15, 0.2) is 11.6 Å². The first-order valence-corrected chi connectivity index (χ1v) is 8.44. The fourth-order valence-corrected chi connectivity index (χ4v) is 6.00. The molecule has 0 saturated heterocycles. The summed E-state index contributed by atoms with van der Waals surface area (Å²) in [6.45, 7) is 14.2. The van der Waals surface area contributed by atoms with Crippen molar-refractivity contribution in [1.82, 2.24) is 0 Å². The molecule has 0 bridgehead atoms. The highest BCUT2D eigenvalue weighted by atomic mass is 16.1. The minimum absolute atomic E-state index is 0.267. The van der Waals surface area contributed by atoms with E-state index in [9.17, 15) is 4.79 Å². The van der Waals surface area contributed by atoms with Crippen molar-refractivity contribution in [2.24, 2.45) is 40.4 Å². The van der Waals surface area contributed by atoms with Crippen LogP contribution in [-0.4, -0.2) is 5.78 Å². The van der Waals surface area contributed by atoms with Crippen LogP contribution in [0, 0.1) is 40.4 Å². The molecule has 0 heterocycles. The third-order valence-electron chi connectivity index (χ3n) is 7.56. The molecule has 3 rings (SSSR count). The van der Waals surface area contributed by atoms with Gasteiger partial charge in [-0.1, -0.05) is 40.2 Å². The number of rotatable bonds is 1. The molecule has 1 nitrogen and oxygen atoms in total. The van der Waals surface area contributed by atoms with Gasteiger partial charge in [0.2, 0.25) is 0 Å². The van der Waals surface area contributed by atoms with Crippen LogP contribution >= 0.6 is 0 Å². The van der Waals surface area contributed by atoms with E-state index >= 15 is 0 Å². The Kier molecular flexibility index (Phi) is 3.02. The topological polar surface area (TPSA) is 17.1 Å². The summed E-state index contributed by atoms with van der Waals surface area (Å²) < 4.78 is 0. The first-order valence-electron chi connectivity index (χ1n) is 8.44. The molecule has 0 aromatic heterocycles. The standard InChI is InChI=1S/C19H30O/c1-11(2)14-10-19(6)12(3)7-8-18(5)13(4)9-15(20)16(14)17(18)19/h9,11-12,14,16-17H,7-8,10H2,1-6H3/t12-,14-,16-,17+,18+,19+/m0/s1. The van der Waals surface area contributed by atoms with Crippen molar-refractivity contribution in [3.8, 4) is 0 Å². The molecule has 6 atom stereocenters. The van der Waals surface area contributed by atoms with E-state index in [4.69, 9.17) is 0 Å². The molecule has 1 heteroatoms. The van der Waals surface area contributed by atoms with Gasteiger partial charge in [-0.15, -0.1) is 0 Å². The molecule has 3 aliphatic carbocycles. The summed E-state index contributed by atoms with van der Waals surface area (Å²) in [7, 11) is 0. The van der Waals surface area contributed by atoms with Crippen LogP contribution in [-0.2, 0) is 4.79 Å². The van der Waals surface area contributed by atoms with Gasteiger partial charge in [0.15, 0.2) is 5.78 Å². The molecule has 0 aromatic carbocycles. The lowest BCUT2D eigenvalue weighted by Gasteiger charge is -2.56. The van der Waals surface area contributed by atoms with Crippen molar-refractivity contribution < 1.29 is 4.79 Å². The Morgan fingerprint density at radius 3 is 2.55 bits per heavy atom. The van der Waals surface area contributed by atoms with Crippen LogP contribution in [0.25, 0.3) is 0 Å². The van der Waals surface area contributed by atoms with Crippen molar-refractivity contribution in [2.75, 3.05) is 0 Å². The lowest BCUT2D eigenvalue weighted by Crippen LogP contribution is -2.51. The average Bonchev–Trinajstić information content (AvgIpc) is 2.69. The highest BCUT2D eigenvalue weighted by Crippen LogP contribution is 2.69. The Bertz CT molecular complexity index is 474. The quantitative estimate of drug-likeness (QED) is 0.667. The van der Waals surface area contributed by atoms with Crippen molar-refractivity contribution in [3.05, 3.63) is 11.6 Å². The normalized spacial score (nSPS) is 51.1. The van der Waals surface area contributed by atoms with Crippen LogP contribution in [0.1, 0.15) is 60.8 Å². The van der Waals surface area contributed by atoms with Crippen molar-refractivity contribution in [1.29, 1.82) is 0 Å². The molecule has 0 radical (unpaired) electrons. The van der Waals surface area contributed by atoms with Gasteiger partial charge in [0.25, 0.3) is 0 Å². The van der Waals surface area contributed by atoms with Crippen LogP contribution in [0.3, 0.4) is 0 Å². The van der Waals surface area contributed by atoms with Gasteiger partial charge < -0.3 is 0 Å². The molecule has 3 aliphatic rings. The Morgan fingerprint density at radius 1 is 1.30 bits per heavy atom. The molecular weight excluding hydrogens is 244 g/mol. The summed E-state index contributed by atoms with van der Waals surface area (Å²) in [6.07, 6.45) is 5.84. The second-order valence-corrected chi connectivity index (χ2v) is 8.71. The van der Waals surface area contributed by atoms with Gasteiger partial charge in [0, 0.05) is 5.92 Å². The maximum absolute atomic E-state index is 12.7. The first-order chi connectivity index (χ1) is 9.21. The van der Waals surface area contributed by atoms with Gasteiger partial charge in [0.1, 0.15) is 0 Å². The lowest BCUT2D eigenvalue weighted by molar-refractivity contribution is -0.128. The highest BCUT2D eigenvalue weighted by molar-refractivity contribution is 5.94. The molecule has 112 valence electrons. The van der Waals surface area contributed by atoms with Gasteiger partial charge in [-0.05, 0) is 66.8 Å². The predicted octanol–water partition coefficient (Wildman–Crippen LogP) is 4.87. The zero-order valence-corrected chi connectivity index (χ0v) is 14.0. The summed E-state index contributed by atoms with van der Waals surface area (Å²) in [5.41, 5.74) is 1.98.